The summed E-state index contributed by atoms with van der Waals surface area (Å²) in [6.45, 7) is 9.84. The number of anilines is 1. The Morgan fingerprint density at radius 1 is 1.43 bits per heavy atom. The molecule has 118 valence electrons. The highest BCUT2D eigenvalue weighted by molar-refractivity contribution is 9.10. The van der Waals surface area contributed by atoms with E-state index in [1.165, 1.54) is 11.3 Å². The van der Waals surface area contributed by atoms with E-state index in [-0.39, 0.29) is 12.6 Å². The number of nitrogens with zero attached hydrogens (tertiary/aromatic N) is 1. The molecule has 2 atom stereocenters. The van der Waals surface area contributed by atoms with E-state index in [0.29, 0.717) is 11.8 Å². The summed E-state index contributed by atoms with van der Waals surface area (Å²) in [4.78, 5) is 2.33. The molecule has 0 aliphatic carbocycles. The molecule has 1 aromatic carbocycles. The summed E-state index contributed by atoms with van der Waals surface area (Å²) in [7, 11) is 0. The van der Waals surface area contributed by atoms with E-state index in [9.17, 15) is 5.11 Å². The molecule has 4 heteroatoms. The number of rotatable bonds is 6. The van der Waals surface area contributed by atoms with Gasteiger partial charge < -0.3 is 15.3 Å². The summed E-state index contributed by atoms with van der Waals surface area (Å²) in [6, 6.07) is 6.80. The molecule has 2 N–H and O–H groups in total. The summed E-state index contributed by atoms with van der Waals surface area (Å²) in [5.41, 5.74) is 2.49. The first-order valence-electron chi connectivity index (χ1n) is 7.89. The molecule has 21 heavy (non-hydrogen) atoms. The molecule has 2 unspecified atom stereocenters. The number of aliphatic hydroxyl groups excluding tert-OH is 1. The summed E-state index contributed by atoms with van der Waals surface area (Å²) in [5, 5.41) is 13.1. The van der Waals surface area contributed by atoms with Gasteiger partial charge in [0, 0.05) is 23.2 Å². The van der Waals surface area contributed by atoms with Gasteiger partial charge in [-0.2, -0.15) is 0 Å². The molecule has 1 saturated heterocycles. The molecule has 1 aliphatic rings. The molecule has 3 nitrogen and oxygen atoms in total. The minimum absolute atomic E-state index is 0.233. The highest BCUT2D eigenvalue weighted by Gasteiger charge is 2.30. The zero-order valence-electron chi connectivity index (χ0n) is 13.3. The summed E-state index contributed by atoms with van der Waals surface area (Å²) in [5.74, 6) is 1.22. The van der Waals surface area contributed by atoms with E-state index in [0.717, 1.165) is 30.5 Å². The Labute approximate surface area is 136 Å². The van der Waals surface area contributed by atoms with Crippen LogP contribution in [0, 0.1) is 11.8 Å². The third-order valence-corrected chi connectivity index (χ3v) is 5.04. The highest BCUT2D eigenvalue weighted by Crippen LogP contribution is 2.32. The van der Waals surface area contributed by atoms with E-state index in [1.54, 1.807) is 0 Å². The fourth-order valence-electron chi connectivity index (χ4n) is 2.96. The first kappa shape index (κ1) is 16.8. The molecule has 0 spiro atoms. The van der Waals surface area contributed by atoms with E-state index in [1.807, 2.05) is 0 Å². The van der Waals surface area contributed by atoms with Crippen molar-refractivity contribution < 1.29 is 5.11 Å². The zero-order chi connectivity index (χ0) is 15.4. The maximum atomic E-state index is 9.60. The van der Waals surface area contributed by atoms with Crippen LogP contribution in [0.1, 0.15) is 32.8 Å². The van der Waals surface area contributed by atoms with Crippen LogP contribution >= 0.6 is 15.9 Å². The molecule has 0 aromatic heterocycles. The van der Waals surface area contributed by atoms with Crippen LogP contribution in [0.5, 0.6) is 0 Å². The first-order valence-corrected chi connectivity index (χ1v) is 8.69. The zero-order valence-corrected chi connectivity index (χ0v) is 14.9. The molecule has 1 fully saturated rings. The molecule has 0 bridgehead atoms. The van der Waals surface area contributed by atoms with Gasteiger partial charge in [-0.1, -0.05) is 42.8 Å². The quantitative estimate of drug-likeness (QED) is 0.821. The van der Waals surface area contributed by atoms with Gasteiger partial charge in [-0.3, -0.25) is 0 Å². The van der Waals surface area contributed by atoms with Crippen LogP contribution in [0.25, 0.3) is 0 Å². The van der Waals surface area contributed by atoms with Crippen LogP contribution in [0.2, 0.25) is 0 Å². The molecule has 0 radical (unpaired) electrons. The van der Waals surface area contributed by atoms with Gasteiger partial charge in [0.15, 0.2) is 0 Å². The van der Waals surface area contributed by atoms with E-state index in [2.05, 4.69) is 65.1 Å². The fourth-order valence-corrected chi connectivity index (χ4v) is 3.47. The number of nitrogens with one attached hydrogen (secondary N) is 1. The largest absolute Gasteiger partial charge is 0.394 e. The third kappa shape index (κ3) is 4.21. The minimum Gasteiger partial charge on any atom is -0.394 e. The Bertz CT molecular complexity index is 464. The Balaban J connectivity index is 2.05. The Kier molecular flexibility index (Phi) is 6.08. The number of benzene rings is 1. The Morgan fingerprint density at radius 2 is 2.19 bits per heavy atom. The second-order valence-corrected chi connectivity index (χ2v) is 7.36. The lowest BCUT2D eigenvalue weighted by Gasteiger charge is -2.27. The molecule has 1 aromatic rings. The van der Waals surface area contributed by atoms with Gasteiger partial charge in [0.1, 0.15) is 0 Å². The van der Waals surface area contributed by atoms with Gasteiger partial charge in [-0.25, -0.2) is 0 Å². The van der Waals surface area contributed by atoms with Crippen molar-refractivity contribution in [2.24, 2.45) is 11.8 Å². The topological polar surface area (TPSA) is 35.5 Å². The van der Waals surface area contributed by atoms with Crippen molar-refractivity contribution in [3.8, 4) is 0 Å². The van der Waals surface area contributed by atoms with Crippen molar-refractivity contribution in [3.05, 3.63) is 28.2 Å². The van der Waals surface area contributed by atoms with Crippen molar-refractivity contribution >= 4 is 21.6 Å². The van der Waals surface area contributed by atoms with Crippen LogP contribution in [-0.2, 0) is 6.54 Å². The Hall–Kier alpha value is -0.580. The van der Waals surface area contributed by atoms with Gasteiger partial charge in [-0.15, -0.1) is 0 Å². The van der Waals surface area contributed by atoms with Crippen molar-refractivity contribution in [1.82, 2.24) is 5.32 Å². The van der Waals surface area contributed by atoms with Crippen LogP contribution in [-0.4, -0.2) is 30.8 Å². The number of hydrogen-bond donors (Lipinski definition) is 2. The maximum absolute atomic E-state index is 9.60. The average Bonchev–Trinajstić information content (AvgIpc) is 2.81. The first-order chi connectivity index (χ1) is 10.0. The summed E-state index contributed by atoms with van der Waals surface area (Å²) in [6.07, 6.45) is 1.15. The van der Waals surface area contributed by atoms with Crippen LogP contribution < -0.4 is 10.2 Å². The van der Waals surface area contributed by atoms with Gasteiger partial charge in [0.25, 0.3) is 0 Å². The SMILES string of the molecule is CC(C)CNCc1ccc(N2CCC(C)C2CO)cc1Br. The minimum atomic E-state index is 0.233. The smallest absolute Gasteiger partial charge is 0.0637 e. The van der Waals surface area contributed by atoms with Gasteiger partial charge >= 0.3 is 0 Å². The predicted octanol–water partition coefficient (Wildman–Crippen LogP) is 3.40. The molecule has 2 rings (SSSR count). The van der Waals surface area contributed by atoms with Gasteiger partial charge in [-0.05, 0) is 42.5 Å². The van der Waals surface area contributed by atoms with Crippen molar-refractivity contribution in [2.75, 3.05) is 24.6 Å². The van der Waals surface area contributed by atoms with Crippen LogP contribution in [0.3, 0.4) is 0 Å². The monoisotopic (exact) mass is 354 g/mol. The molecule has 1 heterocycles. The summed E-state index contributed by atoms with van der Waals surface area (Å²) >= 11 is 3.69. The third-order valence-electron chi connectivity index (χ3n) is 4.31. The summed E-state index contributed by atoms with van der Waals surface area (Å²) < 4.78 is 1.15. The van der Waals surface area contributed by atoms with Gasteiger partial charge in [0.05, 0.1) is 12.6 Å². The average molecular weight is 355 g/mol. The lowest BCUT2D eigenvalue weighted by molar-refractivity contribution is 0.245. The lowest BCUT2D eigenvalue weighted by atomic mass is 10.0. The number of halogens is 1. The number of hydrogen-bond acceptors (Lipinski definition) is 3. The molecule has 0 saturated carbocycles. The van der Waals surface area contributed by atoms with Gasteiger partial charge in [0.2, 0.25) is 0 Å². The van der Waals surface area contributed by atoms with Crippen LogP contribution in [0.15, 0.2) is 22.7 Å². The molecule has 1 aliphatic heterocycles. The second-order valence-electron chi connectivity index (χ2n) is 6.51. The predicted molar refractivity (Wildman–Crippen MR) is 92.7 cm³/mol. The maximum Gasteiger partial charge on any atom is 0.0637 e. The molecular weight excluding hydrogens is 328 g/mol. The second kappa shape index (κ2) is 7.61. The molecular formula is C17H27BrN2O. The number of aliphatic hydroxyl groups is 1. The lowest BCUT2D eigenvalue weighted by Crippen LogP contribution is -2.35. The molecule has 0 amide bonds. The highest BCUT2D eigenvalue weighted by atomic mass is 79.9. The Morgan fingerprint density at radius 3 is 2.81 bits per heavy atom. The van der Waals surface area contributed by atoms with Crippen molar-refractivity contribution in [2.45, 2.75) is 39.8 Å². The van der Waals surface area contributed by atoms with Crippen LogP contribution in [0.4, 0.5) is 5.69 Å². The van der Waals surface area contributed by atoms with E-state index in [4.69, 9.17) is 0 Å². The van der Waals surface area contributed by atoms with Crippen molar-refractivity contribution in [1.29, 1.82) is 0 Å². The normalized spacial score (nSPS) is 22.3. The standard InChI is InChI=1S/C17H27BrN2O/c1-12(2)9-19-10-14-4-5-15(8-16(14)18)20-7-6-13(3)17(20)11-21/h4-5,8,12-13,17,19,21H,6-7,9-11H2,1-3H3. The van der Waals surface area contributed by atoms with Crippen molar-refractivity contribution in [3.63, 3.8) is 0 Å². The fraction of sp³-hybridized carbons (Fsp3) is 0.647. The van der Waals surface area contributed by atoms with E-state index < -0.39 is 0 Å². The van der Waals surface area contributed by atoms with E-state index >= 15 is 0 Å².